The van der Waals surface area contributed by atoms with Crippen molar-refractivity contribution in [3.63, 3.8) is 0 Å². The van der Waals surface area contributed by atoms with Crippen LogP contribution in [0.25, 0.3) is 5.69 Å². The van der Waals surface area contributed by atoms with Crippen LogP contribution in [0.1, 0.15) is 41.2 Å². The fraction of sp³-hybridized carbons (Fsp3) is 0.320. The van der Waals surface area contributed by atoms with E-state index >= 15 is 0 Å². The average molecular weight is 461 g/mol. The van der Waals surface area contributed by atoms with Crippen LogP contribution in [0.5, 0.6) is 5.75 Å². The molecule has 0 bridgehead atoms. The lowest BCUT2D eigenvalue weighted by Gasteiger charge is -2.19. The molecule has 0 N–H and O–H groups in total. The molecule has 0 aliphatic rings. The van der Waals surface area contributed by atoms with Crippen molar-refractivity contribution in [2.24, 2.45) is 0 Å². The largest absolute Gasteiger partial charge is 0.465 e. The van der Waals surface area contributed by atoms with E-state index in [4.69, 9.17) is 9.47 Å². The van der Waals surface area contributed by atoms with E-state index in [1.54, 1.807) is 10.6 Å². The molecule has 3 rings (SSSR count). The third-order valence-corrected chi connectivity index (χ3v) is 5.17. The molecule has 0 spiro atoms. The van der Waals surface area contributed by atoms with Crippen molar-refractivity contribution < 1.29 is 32.2 Å². The van der Waals surface area contributed by atoms with Crippen molar-refractivity contribution >= 4 is 5.97 Å². The third kappa shape index (κ3) is 5.96. The first-order valence-corrected chi connectivity index (χ1v) is 10.6. The lowest BCUT2D eigenvalue weighted by molar-refractivity contribution is -0.0500. The van der Waals surface area contributed by atoms with Crippen molar-refractivity contribution in [3.05, 3.63) is 82.9 Å². The van der Waals surface area contributed by atoms with E-state index in [0.29, 0.717) is 36.4 Å². The van der Waals surface area contributed by atoms with Crippen LogP contribution in [0.2, 0.25) is 0 Å². The average Bonchev–Trinajstić information content (AvgIpc) is 3.15. The molecule has 0 radical (unpaired) electrons. The number of hydrogen-bond donors (Lipinski definition) is 0. The molecular weight excluding hydrogens is 435 g/mol. The van der Waals surface area contributed by atoms with Crippen LogP contribution in [-0.2, 0) is 28.9 Å². The molecule has 0 fully saturated rings. The second-order valence-corrected chi connectivity index (χ2v) is 7.48. The molecule has 0 aliphatic carbocycles. The standard InChI is InChI=1S/C25H26F3NO4/c1-4-21-20(24(30)31-3)14-19(12-16(2)32-15-17-8-6-5-7-9-17)29(21)22-11-10-18(26)13-23(22)33-25(27)28/h5-11,13-14,16,25H,4,12,15H2,1-3H3. The Bertz CT molecular complexity index is 1080. The molecule has 1 atom stereocenters. The van der Waals surface area contributed by atoms with Gasteiger partial charge in [-0.05, 0) is 37.1 Å². The minimum absolute atomic E-state index is 0.203. The van der Waals surface area contributed by atoms with Gasteiger partial charge in [0.2, 0.25) is 0 Å². The van der Waals surface area contributed by atoms with Gasteiger partial charge in [0, 0.05) is 23.9 Å². The molecule has 3 aromatic rings. The second kappa shape index (κ2) is 11.0. The van der Waals surface area contributed by atoms with Crippen molar-refractivity contribution in [2.75, 3.05) is 7.11 Å². The quantitative estimate of drug-likeness (QED) is 0.363. The van der Waals surface area contributed by atoms with E-state index < -0.39 is 18.4 Å². The number of benzene rings is 2. The zero-order valence-corrected chi connectivity index (χ0v) is 18.7. The van der Waals surface area contributed by atoms with Gasteiger partial charge in [-0.3, -0.25) is 0 Å². The van der Waals surface area contributed by atoms with Crippen LogP contribution in [0.4, 0.5) is 13.2 Å². The van der Waals surface area contributed by atoms with E-state index in [0.717, 1.165) is 17.7 Å². The fourth-order valence-corrected chi connectivity index (χ4v) is 3.72. The first-order chi connectivity index (χ1) is 15.8. The minimum Gasteiger partial charge on any atom is -0.465 e. The Kier molecular flexibility index (Phi) is 8.16. The Balaban J connectivity index is 2.02. The number of nitrogens with zero attached hydrogens (tertiary/aromatic N) is 1. The number of rotatable bonds is 10. The number of halogens is 3. The molecular formula is C25H26F3NO4. The van der Waals surface area contributed by atoms with E-state index in [1.165, 1.54) is 13.2 Å². The van der Waals surface area contributed by atoms with E-state index in [2.05, 4.69) is 4.74 Å². The molecule has 2 aromatic carbocycles. The second-order valence-electron chi connectivity index (χ2n) is 7.48. The highest BCUT2D eigenvalue weighted by Gasteiger charge is 2.24. The number of ether oxygens (including phenoxy) is 3. The number of esters is 1. The summed E-state index contributed by atoms with van der Waals surface area (Å²) in [5.74, 6) is -1.59. The van der Waals surface area contributed by atoms with Gasteiger partial charge in [-0.1, -0.05) is 37.3 Å². The van der Waals surface area contributed by atoms with Gasteiger partial charge in [0.15, 0.2) is 5.75 Å². The molecule has 0 saturated carbocycles. The zero-order valence-electron chi connectivity index (χ0n) is 18.7. The Labute approximate surface area is 190 Å². The lowest BCUT2D eigenvalue weighted by atomic mass is 10.1. The normalized spacial score (nSPS) is 12.1. The molecule has 1 unspecified atom stereocenters. The monoisotopic (exact) mass is 461 g/mol. The summed E-state index contributed by atoms with van der Waals surface area (Å²) < 4.78 is 57.0. The predicted octanol–water partition coefficient (Wildman–Crippen LogP) is 5.71. The van der Waals surface area contributed by atoms with Crippen molar-refractivity contribution in [1.82, 2.24) is 4.57 Å². The predicted molar refractivity (Wildman–Crippen MR) is 117 cm³/mol. The van der Waals surface area contributed by atoms with E-state index in [1.807, 2.05) is 44.2 Å². The highest BCUT2D eigenvalue weighted by Crippen LogP contribution is 2.32. The molecule has 1 heterocycles. The van der Waals surface area contributed by atoms with Gasteiger partial charge in [0.1, 0.15) is 5.82 Å². The Morgan fingerprint density at radius 3 is 2.45 bits per heavy atom. The maximum atomic E-state index is 13.8. The highest BCUT2D eigenvalue weighted by molar-refractivity contribution is 5.91. The summed E-state index contributed by atoms with van der Waals surface area (Å²) in [6, 6.07) is 14.7. The molecule has 33 heavy (non-hydrogen) atoms. The smallest absolute Gasteiger partial charge is 0.387 e. The van der Waals surface area contributed by atoms with E-state index in [9.17, 15) is 18.0 Å². The summed E-state index contributed by atoms with van der Waals surface area (Å²) in [4.78, 5) is 12.4. The summed E-state index contributed by atoms with van der Waals surface area (Å²) in [6.07, 6.45) is 0.492. The molecule has 0 saturated heterocycles. The van der Waals surface area contributed by atoms with E-state index in [-0.39, 0.29) is 17.5 Å². The molecule has 0 amide bonds. The van der Waals surface area contributed by atoms with Gasteiger partial charge in [-0.15, -0.1) is 0 Å². The van der Waals surface area contributed by atoms with Crippen molar-refractivity contribution in [3.8, 4) is 11.4 Å². The molecule has 5 nitrogen and oxygen atoms in total. The highest BCUT2D eigenvalue weighted by atomic mass is 19.3. The van der Waals surface area contributed by atoms with Crippen molar-refractivity contribution in [2.45, 2.75) is 46.0 Å². The van der Waals surface area contributed by atoms with Crippen molar-refractivity contribution in [1.29, 1.82) is 0 Å². The first kappa shape index (κ1) is 24.4. The fourth-order valence-electron chi connectivity index (χ4n) is 3.72. The van der Waals surface area contributed by atoms with Gasteiger partial charge < -0.3 is 18.8 Å². The van der Waals surface area contributed by atoms with Gasteiger partial charge in [-0.2, -0.15) is 8.78 Å². The Morgan fingerprint density at radius 1 is 1.09 bits per heavy atom. The minimum atomic E-state index is -3.14. The van der Waals surface area contributed by atoms with Crippen LogP contribution in [0.15, 0.2) is 54.6 Å². The number of hydrogen-bond acceptors (Lipinski definition) is 4. The SMILES string of the molecule is CCc1c(C(=O)OC)cc(CC(C)OCc2ccccc2)n1-c1ccc(F)cc1OC(F)F. The number of alkyl halides is 2. The molecule has 0 aliphatic heterocycles. The maximum absolute atomic E-state index is 13.8. The molecule has 8 heteroatoms. The van der Waals surface area contributed by atoms with Crippen LogP contribution in [0, 0.1) is 5.82 Å². The van der Waals surface area contributed by atoms with Crippen LogP contribution >= 0.6 is 0 Å². The van der Waals surface area contributed by atoms with Gasteiger partial charge >= 0.3 is 12.6 Å². The lowest BCUT2D eigenvalue weighted by Crippen LogP contribution is -2.16. The molecule has 176 valence electrons. The Hall–Kier alpha value is -3.26. The Morgan fingerprint density at radius 2 is 1.82 bits per heavy atom. The third-order valence-electron chi connectivity index (χ3n) is 5.17. The summed E-state index contributed by atoms with van der Waals surface area (Å²) in [7, 11) is 1.27. The number of carbonyl (C=O) groups excluding carboxylic acids is 1. The first-order valence-electron chi connectivity index (χ1n) is 10.6. The zero-order chi connectivity index (χ0) is 24.0. The number of carbonyl (C=O) groups is 1. The van der Waals surface area contributed by atoms with Crippen LogP contribution < -0.4 is 4.74 Å². The van der Waals surface area contributed by atoms with Crippen LogP contribution in [-0.4, -0.2) is 30.4 Å². The van der Waals surface area contributed by atoms with Gasteiger partial charge in [-0.25, -0.2) is 9.18 Å². The van der Waals surface area contributed by atoms with Gasteiger partial charge in [0.05, 0.1) is 31.1 Å². The maximum Gasteiger partial charge on any atom is 0.387 e. The summed E-state index contributed by atoms with van der Waals surface area (Å²) in [5.41, 5.74) is 2.68. The summed E-state index contributed by atoms with van der Waals surface area (Å²) in [5, 5.41) is 0. The summed E-state index contributed by atoms with van der Waals surface area (Å²) in [6.45, 7) is 0.964. The number of aromatic nitrogens is 1. The van der Waals surface area contributed by atoms with Gasteiger partial charge in [0.25, 0.3) is 0 Å². The topological polar surface area (TPSA) is 49.7 Å². The number of methoxy groups -OCH3 is 1. The molecule has 1 aromatic heterocycles. The summed E-state index contributed by atoms with van der Waals surface area (Å²) >= 11 is 0. The van der Waals surface area contributed by atoms with Crippen LogP contribution in [0.3, 0.4) is 0 Å².